The van der Waals surface area contributed by atoms with E-state index in [2.05, 4.69) is 21.6 Å². The second-order valence-electron chi connectivity index (χ2n) is 9.76. The molecule has 1 aliphatic heterocycles. The van der Waals surface area contributed by atoms with E-state index in [0.29, 0.717) is 31.0 Å². The lowest BCUT2D eigenvalue weighted by atomic mass is 9.77. The first-order valence-corrected chi connectivity index (χ1v) is 12.3. The second-order valence-corrected chi connectivity index (χ2v) is 9.76. The van der Waals surface area contributed by atoms with Crippen molar-refractivity contribution in [2.75, 3.05) is 19.6 Å². The number of aliphatic hydroxyl groups is 1. The molecular weight excluding hydrogens is 485 g/mol. The van der Waals surface area contributed by atoms with Gasteiger partial charge >= 0.3 is 6.18 Å². The van der Waals surface area contributed by atoms with E-state index in [-0.39, 0.29) is 18.2 Å². The van der Waals surface area contributed by atoms with Crippen molar-refractivity contribution in [3.63, 3.8) is 0 Å². The number of likely N-dealkylation sites (tertiary alicyclic amines) is 1. The van der Waals surface area contributed by atoms with Crippen LogP contribution in [0.2, 0.25) is 0 Å². The predicted molar refractivity (Wildman–Crippen MR) is 129 cm³/mol. The Morgan fingerprint density at radius 3 is 2.46 bits per heavy atom. The van der Waals surface area contributed by atoms with Crippen LogP contribution in [0, 0.1) is 11.3 Å². The van der Waals surface area contributed by atoms with Crippen molar-refractivity contribution in [2.24, 2.45) is 0 Å². The van der Waals surface area contributed by atoms with Crippen LogP contribution in [-0.2, 0) is 16.6 Å². The number of alkyl halides is 3. The number of hydrogen-bond donors (Lipinski definition) is 3. The van der Waals surface area contributed by atoms with Gasteiger partial charge in [-0.2, -0.15) is 18.4 Å². The van der Waals surface area contributed by atoms with E-state index in [1.54, 1.807) is 12.1 Å². The third kappa shape index (κ3) is 6.48. The third-order valence-corrected chi connectivity index (χ3v) is 7.30. The van der Waals surface area contributed by atoms with Gasteiger partial charge in [-0.15, -0.1) is 0 Å². The Kier molecular flexibility index (Phi) is 7.85. The summed E-state index contributed by atoms with van der Waals surface area (Å²) in [4.78, 5) is 26.9. The molecule has 10 heteroatoms. The SMILES string of the molecule is N#Cc1ccc(C2(O)CCC(N3CC[C@@H](NC(=O)CNC(=O)c4cccc(C(F)(F)F)c4)C3)CC2)cc1. The lowest BCUT2D eigenvalue weighted by Crippen LogP contribution is -2.45. The van der Waals surface area contributed by atoms with Crippen LogP contribution in [0.5, 0.6) is 0 Å². The predicted octanol–water partition coefficient (Wildman–Crippen LogP) is 3.33. The first-order chi connectivity index (χ1) is 17.6. The number of benzene rings is 2. The minimum Gasteiger partial charge on any atom is -0.385 e. The van der Waals surface area contributed by atoms with Gasteiger partial charge in [-0.3, -0.25) is 14.5 Å². The monoisotopic (exact) mass is 514 g/mol. The van der Waals surface area contributed by atoms with Crippen molar-refractivity contribution < 1.29 is 27.9 Å². The Bertz CT molecular complexity index is 1170. The first-order valence-electron chi connectivity index (χ1n) is 12.3. The van der Waals surface area contributed by atoms with E-state index in [1.165, 1.54) is 6.07 Å². The molecule has 37 heavy (non-hydrogen) atoms. The molecule has 1 aliphatic carbocycles. The summed E-state index contributed by atoms with van der Waals surface area (Å²) in [6.07, 6.45) is -0.960. The number of halogens is 3. The Morgan fingerprint density at radius 1 is 1.11 bits per heavy atom. The van der Waals surface area contributed by atoms with Gasteiger partial charge in [0.1, 0.15) is 0 Å². The highest BCUT2D eigenvalue weighted by molar-refractivity contribution is 5.96. The minimum atomic E-state index is -4.55. The molecule has 7 nitrogen and oxygen atoms in total. The van der Waals surface area contributed by atoms with Crippen LogP contribution in [0.4, 0.5) is 13.2 Å². The zero-order valence-electron chi connectivity index (χ0n) is 20.2. The number of hydrogen-bond acceptors (Lipinski definition) is 5. The summed E-state index contributed by atoms with van der Waals surface area (Å²) in [5.74, 6) is -1.14. The molecule has 2 aromatic rings. The number of carbonyl (C=O) groups is 2. The number of nitrogens with one attached hydrogen (secondary N) is 2. The molecule has 0 radical (unpaired) electrons. The van der Waals surface area contributed by atoms with E-state index >= 15 is 0 Å². The molecule has 4 rings (SSSR count). The standard InChI is InChI=1S/C27H29F3N4O3/c28-27(29,30)21-3-1-2-19(14-21)25(36)32-16-24(35)33-22-10-13-34(17-22)23-8-11-26(37,12-9-23)20-6-4-18(15-31)5-7-20/h1-7,14,22-23,37H,8-13,16-17H2,(H,32,36)(H,33,35)/t22-,23?,26?/m1/s1. The average Bonchev–Trinajstić information content (AvgIpc) is 3.35. The molecule has 0 bridgehead atoms. The minimum absolute atomic E-state index is 0.0858. The van der Waals surface area contributed by atoms with Gasteiger partial charge < -0.3 is 15.7 Å². The quantitative estimate of drug-likeness (QED) is 0.549. The summed E-state index contributed by atoms with van der Waals surface area (Å²) in [7, 11) is 0. The second kappa shape index (κ2) is 10.9. The normalized spacial score (nSPS) is 24.3. The van der Waals surface area contributed by atoms with Crippen LogP contribution >= 0.6 is 0 Å². The van der Waals surface area contributed by atoms with Crippen LogP contribution in [0.3, 0.4) is 0 Å². The van der Waals surface area contributed by atoms with Crippen molar-refractivity contribution in [1.29, 1.82) is 5.26 Å². The Hall–Kier alpha value is -3.42. The van der Waals surface area contributed by atoms with Crippen molar-refractivity contribution in [3.05, 3.63) is 70.8 Å². The molecule has 3 N–H and O–H groups in total. The fourth-order valence-corrected chi connectivity index (χ4v) is 5.20. The molecule has 196 valence electrons. The Balaban J connectivity index is 1.21. The first kappa shape index (κ1) is 26.6. The molecule has 2 aromatic carbocycles. The summed E-state index contributed by atoms with van der Waals surface area (Å²) in [5.41, 5.74) is -0.609. The van der Waals surface area contributed by atoms with Gasteiger partial charge in [0.05, 0.1) is 29.3 Å². The molecular formula is C27H29F3N4O3. The van der Waals surface area contributed by atoms with Crippen molar-refractivity contribution >= 4 is 11.8 Å². The largest absolute Gasteiger partial charge is 0.416 e. The van der Waals surface area contributed by atoms with Gasteiger partial charge in [0.2, 0.25) is 5.91 Å². The number of nitrogens with zero attached hydrogens (tertiary/aromatic N) is 2. The lowest BCUT2D eigenvalue weighted by Gasteiger charge is -2.40. The zero-order chi connectivity index (χ0) is 26.6. The summed E-state index contributed by atoms with van der Waals surface area (Å²) >= 11 is 0. The lowest BCUT2D eigenvalue weighted by molar-refractivity contribution is -0.137. The van der Waals surface area contributed by atoms with E-state index in [1.807, 2.05) is 12.1 Å². The van der Waals surface area contributed by atoms with Crippen molar-refractivity contribution in [1.82, 2.24) is 15.5 Å². The van der Waals surface area contributed by atoms with Crippen LogP contribution < -0.4 is 10.6 Å². The highest BCUT2D eigenvalue weighted by Gasteiger charge is 2.38. The van der Waals surface area contributed by atoms with E-state index in [9.17, 15) is 27.9 Å². The number of nitriles is 1. The highest BCUT2D eigenvalue weighted by Crippen LogP contribution is 2.39. The Morgan fingerprint density at radius 2 is 1.81 bits per heavy atom. The van der Waals surface area contributed by atoms with Gasteiger partial charge in [-0.1, -0.05) is 18.2 Å². The van der Waals surface area contributed by atoms with Crippen molar-refractivity contribution in [3.8, 4) is 6.07 Å². The fourth-order valence-electron chi connectivity index (χ4n) is 5.20. The van der Waals surface area contributed by atoms with Crippen LogP contribution in [0.25, 0.3) is 0 Å². The van der Waals surface area contributed by atoms with Crippen molar-refractivity contribution in [2.45, 2.75) is 56.0 Å². The molecule has 2 amide bonds. The third-order valence-electron chi connectivity index (χ3n) is 7.30. The molecule has 2 fully saturated rings. The van der Waals surface area contributed by atoms with Crippen LogP contribution in [0.1, 0.15) is 59.2 Å². The molecule has 0 aromatic heterocycles. The molecule has 1 saturated carbocycles. The number of rotatable bonds is 6. The van der Waals surface area contributed by atoms with Gasteiger partial charge in [0.15, 0.2) is 0 Å². The molecule has 0 unspecified atom stereocenters. The van der Waals surface area contributed by atoms with Gasteiger partial charge in [0, 0.05) is 30.7 Å². The molecule has 0 spiro atoms. The number of carbonyl (C=O) groups excluding carboxylic acids is 2. The average molecular weight is 515 g/mol. The maximum atomic E-state index is 12.9. The van der Waals surface area contributed by atoms with E-state index in [4.69, 9.17) is 5.26 Å². The van der Waals surface area contributed by atoms with Gasteiger partial charge in [0.25, 0.3) is 5.91 Å². The maximum absolute atomic E-state index is 12.9. The van der Waals surface area contributed by atoms with Crippen LogP contribution in [-0.4, -0.2) is 53.5 Å². The van der Waals surface area contributed by atoms with Gasteiger partial charge in [-0.05, 0) is 68.0 Å². The Labute approximate surface area is 213 Å². The maximum Gasteiger partial charge on any atom is 0.416 e. The molecule has 2 aliphatic rings. The van der Waals surface area contributed by atoms with E-state index in [0.717, 1.165) is 49.6 Å². The van der Waals surface area contributed by atoms with Gasteiger partial charge in [-0.25, -0.2) is 0 Å². The zero-order valence-corrected chi connectivity index (χ0v) is 20.2. The molecule has 1 heterocycles. The molecule has 1 saturated heterocycles. The summed E-state index contributed by atoms with van der Waals surface area (Å²) in [6.45, 7) is 1.14. The summed E-state index contributed by atoms with van der Waals surface area (Å²) < 4.78 is 38.6. The topological polar surface area (TPSA) is 105 Å². The fraction of sp³-hybridized carbons (Fsp3) is 0.444. The summed E-state index contributed by atoms with van der Waals surface area (Å²) in [6, 6.07) is 13.4. The van der Waals surface area contributed by atoms with E-state index < -0.39 is 29.2 Å². The summed E-state index contributed by atoms with van der Waals surface area (Å²) in [5, 5.41) is 25.4. The van der Waals surface area contributed by atoms with Crippen LogP contribution in [0.15, 0.2) is 48.5 Å². The molecule has 1 atom stereocenters. The smallest absolute Gasteiger partial charge is 0.385 e. The number of amides is 2. The highest BCUT2D eigenvalue weighted by atomic mass is 19.4.